The van der Waals surface area contributed by atoms with Crippen LogP contribution in [0.4, 0.5) is 0 Å². The predicted molar refractivity (Wildman–Crippen MR) is 71.2 cm³/mol. The van der Waals surface area contributed by atoms with Crippen molar-refractivity contribution in [2.45, 2.75) is 50.2 Å². The number of aryl methyl sites for hydroxylation is 1. The Labute approximate surface area is 113 Å². The van der Waals surface area contributed by atoms with Gasteiger partial charge in [0.05, 0.1) is 0 Å². The molecule has 1 aromatic heterocycles. The van der Waals surface area contributed by atoms with Crippen molar-refractivity contribution in [2.75, 3.05) is 13.1 Å². The quantitative estimate of drug-likeness (QED) is 0.836. The highest BCUT2D eigenvalue weighted by Crippen LogP contribution is 2.25. The van der Waals surface area contributed by atoms with Gasteiger partial charge in [0.25, 0.3) is 10.0 Å². The van der Waals surface area contributed by atoms with E-state index in [1.165, 1.54) is 12.8 Å². The van der Waals surface area contributed by atoms with Gasteiger partial charge in [-0.05, 0) is 32.6 Å². The van der Waals surface area contributed by atoms with E-state index in [-0.39, 0.29) is 5.03 Å². The third-order valence-electron chi connectivity index (χ3n) is 3.83. The molecule has 0 aromatic carbocycles. The second kappa shape index (κ2) is 4.88. The number of rotatable bonds is 5. The van der Waals surface area contributed by atoms with Gasteiger partial charge in [0, 0.05) is 36.9 Å². The molecule has 2 heterocycles. The van der Waals surface area contributed by atoms with Gasteiger partial charge < -0.3 is 5.32 Å². The highest BCUT2D eigenvalue weighted by molar-refractivity contribution is 7.89. The number of nitrogens with one attached hydrogen (secondary N) is 2. The maximum atomic E-state index is 12.5. The number of hydrogen-bond acceptors (Lipinski definition) is 4. The molecular weight excluding hydrogens is 264 g/mol. The fourth-order valence-electron chi connectivity index (χ4n) is 2.44. The molecular formula is C12H20N4O2S. The second-order valence-corrected chi connectivity index (χ2v) is 7.25. The van der Waals surface area contributed by atoms with Crippen molar-refractivity contribution in [1.29, 1.82) is 0 Å². The molecule has 7 heteroatoms. The van der Waals surface area contributed by atoms with Crippen LogP contribution in [0.1, 0.15) is 36.9 Å². The van der Waals surface area contributed by atoms with Gasteiger partial charge in [-0.1, -0.05) is 0 Å². The number of H-pyrrole nitrogens is 1. The molecule has 0 spiro atoms. The molecule has 2 N–H and O–H groups in total. The number of aromatic nitrogens is 2. The van der Waals surface area contributed by atoms with Gasteiger partial charge in [-0.3, -0.25) is 5.10 Å². The first-order chi connectivity index (χ1) is 9.09. The van der Waals surface area contributed by atoms with Gasteiger partial charge >= 0.3 is 0 Å². The van der Waals surface area contributed by atoms with Crippen molar-refractivity contribution < 1.29 is 8.42 Å². The van der Waals surface area contributed by atoms with Gasteiger partial charge in [-0.25, -0.2) is 8.42 Å². The SMILES string of the molecule is Cc1[nH]nc(S(=O)(=O)N2CCCC2)c1CNC1CC1. The van der Waals surface area contributed by atoms with Crippen LogP contribution >= 0.6 is 0 Å². The summed E-state index contributed by atoms with van der Waals surface area (Å²) in [5.41, 5.74) is 1.63. The van der Waals surface area contributed by atoms with Crippen LogP contribution in [0.25, 0.3) is 0 Å². The van der Waals surface area contributed by atoms with Crippen molar-refractivity contribution in [3.05, 3.63) is 11.3 Å². The Bertz CT molecular complexity index is 556. The Morgan fingerprint density at radius 1 is 1.37 bits per heavy atom. The Morgan fingerprint density at radius 3 is 2.68 bits per heavy atom. The number of hydrogen-bond donors (Lipinski definition) is 2. The molecule has 19 heavy (non-hydrogen) atoms. The second-order valence-electron chi connectivity index (χ2n) is 5.40. The topological polar surface area (TPSA) is 78.1 Å². The maximum absolute atomic E-state index is 12.5. The average molecular weight is 284 g/mol. The zero-order chi connectivity index (χ0) is 13.5. The lowest BCUT2D eigenvalue weighted by atomic mass is 10.2. The van der Waals surface area contributed by atoms with Gasteiger partial charge in [-0.2, -0.15) is 9.40 Å². The molecule has 0 bridgehead atoms. The zero-order valence-corrected chi connectivity index (χ0v) is 12.0. The predicted octanol–water partition coefficient (Wildman–Crippen LogP) is 0.755. The minimum atomic E-state index is -3.43. The van der Waals surface area contributed by atoms with Crippen molar-refractivity contribution in [3.63, 3.8) is 0 Å². The van der Waals surface area contributed by atoms with Crippen LogP contribution in [0, 0.1) is 6.92 Å². The molecule has 0 radical (unpaired) electrons. The molecule has 1 saturated carbocycles. The largest absolute Gasteiger partial charge is 0.310 e. The van der Waals surface area contributed by atoms with Crippen molar-refractivity contribution in [2.24, 2.45) is 0 Å². The minimum Gasteiger partial charge on any atom is -0.310 e. The van der Waals surface area contributed by atoms with Crippen LogP contribution in [0.3, 0.4) is 0 Å². The molecule has 1 aliphatic heterocycles. The summed E-state index contributed by atoms with van der Waals surface area (Å²) in [7, 11) is -3.43. The van der Waals surface area contributed by atoms with E-state index in [0.29, 0.717) is 25.7 Å². The summed E-state index contributed by atoms with van der Waals surface area (Å²) >= 11 is 0. The first kappa shape index (κ1) is 13.1. The van der Waals surface area contributed by atoms with E-state index in [4.69, 9.17) is 0 Å². The van der Waals surface area contributed by atoms with E-state index >= 15 is 0 Å². The number of nitrogens with zero attached hydrogens (tertiary/aromatic N) is 2. The Morgan fingerprint density at radius 2 is 2.05 bits per heavy atom. The molecule has 0 atom stereocenters. The third-order valence-corrected chi connectivity index (χ3v) is 5.70. The molecule has 106 valence electrons. The molecule has 3 rings (SSSR count). The first-order valence-corrected chi connectivity index (χ1v) is 8.30. The van der Waals surface area contributed by atoms with E-state index in [9.17, 15) is 8.42 Å². The van der Waals surface area contributed by atoms with E-state index in [1.807, 2.05) is 6.92 Å². The van der Waals surface area contributed by atoms with Crippen LogP contribution in [-0.4, -0.2) is 42.1 Å². The lowest BCUT2D eigenvalue weighted by Gasteiger charge is -2.15. The summed E-state index contributed by atoms with van der Waals surface area (Å²) in [5, 5.41) is 10.4. The van der Waals surface area contributed by atoms with E-state index in [2.05, 4.69) is 15.5 Å². The van der Waals surface area contributed by atoms with Crippen LogP contribution in [0.2, 0.25) is 0 Å². The maximum Gasteiger partial charge on any atom is 0.262 e. The highest BCUT2D eigenvalue weighted by Gasteiger charge is 2.32. The average Bonchev–Trinajstić information content (AvgIpc) is 2.90. The van der Waals surface area contributed by atoms with Gasteiger partial charge in [0.2, 0.25) is 0 Å². The smallest absolute Gasteiger partial charge is 0.262 e. The third kappa shape index (κ3) is 2.54. The lowest BCUT2D eigenvalue weighted by Crippen LogP contribution is -2.29. The van der Waals surface area contributed by atoms with Crippen molar-refractivity contribution in [1.82, 2.24) is 19.8 Å². The van der Waals surface area contributed by atoms with Gasteiger partial charge in [0.1, 0.15) is 0 Å². The molecule has 1 saturated heterocycles. The van der Waals surface area contributed by atoms with Crippen LogP contribution in [0.15, 0.2) is 5.03 Å². The molecule has 1 aliphatic carbocycles. The van der Waals surface area contributed by atoms with Crippen LogP contribution in [0.5, 0.6) is 0 Å². The highest BCUT2D eigenvalue weighted by atomic mass is 32.2. The van der Waals surface area contributed by atoms with Gasteiger partial charge in [-0.15, -0.1) is 0 Å². The lowest BCUT2D eigenvalue weighted by molar-refractivity contribution is 0.472. The Kier molecular flexibility index (Phi) is 3.36. The molecule has 0 unspecified atom stereocenters. The first-order valence-electron chi connectivity index (χ1n) is 6.86. The fraction of sp³-hybridized carbons (Fsp3) is 0.750. The molecule has 0 amide bonds. The van der Waals surface area contributed by atoms with Crippen LogP contribution < -0.4 is 5.32 Å². The number of sulfonamides is 1. The molecule has 6 nitrogen and oxygen atoms in total. The molecule has 1 aromatic rings. The Balaban J connectivity index is 1.86. The summed E-state index contributed by atoms with van der Waals surface area (Å²) in [6.07, 6.45) is 4.26. The van der Waals surface area contributed by atoms with Crippen LogP contribution in [-0.2, 0) is 16.6 Å². The summed E-state index contributed by atoms with van der Waals surface area (Å²) in [5.74, 6) is 0. The molecule has 2 aliphatic rings. The molecule has 2 fully saturated rings. The van der Waals surface area contributed by atoms with E-state index in [1.54, 1.807) is 4.31 Å². The standard InChI is InChI=1S/C12H20N4O2S/c1-9-11(8-13-10-4-5-10)12(15-14-9)19(17,18)16-6-2-3-7-16/h10,13H,2-8H2,1H3,(H,14,15). The summed E-state index contributed by atoms with van der Waals surface area (Å²) < 4.78 is 26.6. The zero-order valence-electron chi connectivity index (χ0n) is 11.1. The minimum absolute atomic E-state index is 0.208. The Hall–Kier alpha value is -0.920. The van der Waals surface area contributed by atoms with Crippen molar-refractivity contribution >= 4 is 10.0 Å². The summed E-state index contributed by atoms with van der Waals surface area (Å²) in [4.78, 5) is 0. The van der Waals surface area contributed by atoms with Crippen molar-refractivity contribution in [3.8, 4) is 0 Å². The number of aromatic amines is 1. The summed E-state index contributed by atoms with van der Waals surface area (Å²) in [6.45, 7) is 3.68. The van der Waals surface area contributed by atoms with E-state index in [0.717, 1.165) is 24.1 Å². The fourth-order valence-corrected chi connectivity index (χ4v) is 4.12. The normalized spacial score (nSPS) is 21.1. The van der Waals surface area contributed by atoms with E-state index < -0.39 is 10.0 Å². The van der Waals surface area contributed by atoms with Gasteiger partial charge in [0.15, 0.2) is 5.03 Å². The monoisotopic (exact) mass is 284 g/mol. The summed E-state index contributed by atoms with van der Waals surface area (Å²) in [6, 6.07) is 0.552.